The van der Waals surface area contributed by atoms with Crippen molar-refractivity contribution < 1.29 is 18.0 Å². The van der Waals surface area contributed by atoms with Crippen molar-refractivity contribution in [3.05, 3.63) is 88.1 Å². The Morgan fingerprint density at radius 2 is 1.71 bits per heavy atom. The summed E-state index contributed by atoms with van der Waals surface area (Å²) in [6, 6.07) is 18.7. The first-order valence-electron chi connectivity index (χ1n) is 8.52. The Bertz CT molecular complexity index is 1130. The van der Waals surface area contributed by atoms with Gasteiger partial charge in [-0.1, -0.05) is 48.5 Å². The van der Waals surface area contributed by atoms with Crippen LogP contribution >= 0.6 is 11.3 Å². The van der Waals surface area contributed by atoms with Crippen LogP contribution in [0.3, 0.4) is 0 Å². The number of hydrogen-bond donors (Lipinski definition) is 1. The fourth-order valence-corrected chi connectivity index (χ4v) is 5.47. The van der Waals surface area contributed by atoms with Gasteiger partial charge in [0.15, 0.2) is 0 Å². The highest BCUT2D eigenvalue weighted by atomic mass is 32.2. The first-order valence-corrected chi connectivity index (χ1v) is 10.8. The maximum atomic E-state index is 12.7. The second kappa shape index (κ2) is 7.21. The molecule has 142 valence electrons. The molecule has 0 saturated carbocycles. The summed E-state index contributed by atoms with van der Waals surface area (Å²) in [5, 5.41) is 4.77. The molecule has 2 heterocycles. The molecule has 1 aromatic heterocycles. The van der Waals surface area contributed by atoms with Crippen molar-refractivity contribution in [2.75, 3.05) is 6.54 Å². The van der Waals surface area contributed by atoms with Gasteiger partial charge < -0.3 is 5.32 Å². The molecule has 2 aromatic carbocycles. The zero-order valence-electron chi connectivity index (χ0n) is 14.6. The molecule has 6 nitrogen and oxygen atoms in total. The number of nitrogens with one attached hydrogen (secondary N) is 1. The zero-order valence-corrected chi connectivity index (χ0v) is 16.2. The van der Waals surface area contributed by atoms with Gasteiger partial charge in [0.1, 0.15) is 11.4 Å². The van der Waals surface area contributed by atoms with E-state index in [4.69, 9.17) is 0 Å². The standard InChI is InChI=1S/C20H16N2O4S2/c23-18(13-22-20(24)15-9-4-5-11-17(15)28(22,25)26)21-19(16-10-6-12-27-16)14-7-2-1-3-8-14/h1-12,19H,13H2,(H,21,23)/t19-/m0/s1. The van der Waals surface area contributed by atoms with Crippen LogP contribution < -0.4 is 5.32 Å². The second-order valence-corrected chi connectivity index (χ2v) is 9.05. The summed E-state index contributed by atoms with van der Waals surface area (Å²) in [5.41, 5.74) is 0.963. The highest BCUT2D eigenvalue weighted by molar-refractivity contribution is 7.90. The lowest BCUT2D eigenvalue weighted by Gasteiger charge is -2.20. The highest BCUT2D eigenvalue weighted by Gasteiger charge is 2.42. The molecule has 1 aliphatic heterocycles. The van der Waals surface area contributed by atoms with Crippen LogP contribution in [0, 0.1) is 0 Å². The van der Waals surface area contributed by atoms with E-state index in [-0.39, 0.29) is 10.5 Å². The van der Waals surface area contributed by atoms with Crippen LogP contribution in [0.25, 0.3) is 0 Å². The molecule has 0 bridgehead atoms. The van der Waals surface area contributed by atoms with Crippen molar-refractivity contribution >= 4 is 33.2 Å². The first kappa shape index (κ1) is 18.4. The van der Waals surface area contributed by atoms with Gasteiger partial charge >= 0.3 is 0 Å². The molecule has 28 heavy (non-hydrogen) atoms. The van der Waals surface area contributed by atoms with E-state index in [0.717, 1.165) is 10.4 Å². The Morgan fingerprint density at radius 3 is 2.39 bits per heavy atom. The molecule has 1 atom stereocenters. The lowest BCUT2D eigenvalue weighted by Crippen LogP contribution is -2.41. The van der Waals surface area contributed by atoms with E-state index in [1.54, 1.807) is 12.1 Å². The summed E-state index contributed by atoms with van der Waals surface area (Å²) in [6.07, 6.45) is 0. The van der Waals surface area contributed by atoms with E-state index in [0.29, 0.717) is 4.31 Å². The third-order valence-corrected chi connectivity index (χ3v) is 7.19. The fraction of sp³-hybridized carbons (Fsp3) is 0.100. The maximum Gasteiger partial charge on any atom is 0.269 e. The van der Waals surface area contributed by atoms with E-state index >= 15 is 0 Å². The number of sulfonamides is 1. The summed E-state index contributed by atoms with van der Waals surface area (Å²) in [7, 11) is -4.02. The van der Waals surface area contributed by atoms with Crippen molar-refractivity contribution in [2.24, 2.45) is 0 Å². The van der Waals surface area contributed by atoms with Gasteiger partial charge in [-0.3, -0.25) is 9.59 Å². The van der Waals surface area contributed by atoms with Gasteiger partial charge in [0.2, 0.25) is 5.91 Å². The number of carbonyl (C=O) groups is 2. The Labute approximate surface area is 166 Å². The van der Waals surface area contributed by atoms with Gasteiger partial charge in [0, 0.05) is 4.88 Å². The van der Waals surface area contributed by atoms with Gasteiger partial charge in [0.05, 0.1) is 11.6 Å². The first-order chi connectivity index (χ1) is 13.5. The number of thiophene rings is 1. The second-order valence-electron chi connectivity index (χ2n) is 6.24. The monoisotopic (exact) mass is 412 g/mol. The molecule has 1 aliphatic rings. The van der Waals surface area contributed by atoms with Crippen LogP contribution in [0.2, 0.25) is 0 Å². The van der Waals surface area contributed by atoms with Crippen LogP contribution in [-0.4, -0.2) is 31.1 Å². The van der Waals surface area contributed by atoms with Crippen LogP contribution in [0.5, 0.6) is 0 Å². The van der Waals surface area contributed by atoms with Gasteiger partial charge in [-0.25, -0.2) is 12.7 Å². The van der Waals surface area contributed by atoms with E-state index in [9.17, 15) is 18.0 Å². The lowest BCUT2D eigenvalue weighted by molar-refractivity contribution is -0.121. The third-order valence-electron chi connectivity index (χ3n) is 4.47. The number of carbonyl (C=O) groups excluding carboxylic acids is 2. The molecular weight excluding hydrogens is 396 g/mol. The number of fused-ring (bicyclic) bond motifs is 1. The number of amides is 2. The number of benzene rings is 2. The summed E-state index contributed by atoms with van der Waals surface area (Å²) in [6.45, 7) is -0.565. The van der Waals surface area contributed by atoms with Crippen molar-refractivity contribution in [3.63, 3.8) is 0 Å². The summed E-state index contributed by atoms with van der Waals surface area (Å²) < 4.78 is 25.9. The molecule has 2 amide bonds. The zero-order chi connectivity index (χ0) is 19.7. The minimum atomic E-state index is -4.02. The summed E-state index contributed by atoms with van der Waals surface area (Å²) in [4.78, 5) is 26.0. The van der Waals surface area contributed by atoms with E-state index in [2.05, 4.69) is 5.32 Å². The maximum absolute atomic E-state index is 12.7. The molecule has 0 unspecified atom stereocenters. The third kappa shape index (κ3) is 3.21. The van der Waals surface area contributed by atoms with Gasteiger partial charge in [0.25, 0.3) is 15.9 Å². The van der Waals surface area contributed by atoms with E-state index in [1.165, 1.54) is 23.5 Å². The minimum absolute atomic E-state index is 0.0642. The molecule has 1 N–H and O–H groups in total. The highest BCUT2D eigenvalue weighted by Crippen LogP contribution is 2.30. The van der Waals surface area contributed by atoms with Crippen molar-refractivity contribution in [3.8, 4) is 0 Å². The van der Waals surface area contributed by atoms with Crippen LogP contribution in [0.1, 0.15) is 26.8 Å². The van der Waals surface area contributed by atoms with Gasteiger partial charge in [-0.05, 0) is 29.1 Å². The quantitative estimate of drug-likeness (QED) is 0.699. The van der Waals surface area contributed by atoms with Crippen LogP contribution in [0.15, 0.2) is 77.0 Å². The smallest absolute Gasteiger partial charge is 0.269 e. The Hall–Kier alpha value is -2.97. The fourth-order valence-electron chi connectivity index (χ4n) is 3.14. The SMILES string of the molecule is O=C(CN1C(=O)c2ccccc2S1(=O)=O)N[C@@H](c1ccccc1)c1cccs1. The van der Waals surface area contributed by atoms with E-state index < -0.39 is 34.4 Å². The molecule has 0 aliphatic carbocycles. The average Bonchev–Trinajstić information content (AvgIpc) is 3.30. The normalized spacial score (nSPS) is 15.9. The van der Waals surface area contributed by atoms with Crippen molar-refractivity contribution in [2.45, 2.75) is 10.9 Å². The van der Waals surface area contributed by atoms with Crippen molar-refractivity contribution in [1.29, 1.82) is 0 Å². The largest absolute Gasteiger partial charge is 0.343 e. The molecular formula is C20H16N2O4S2. The van der Waals surface area contributed by atoms with Crippen molar-refractivity contribution in [1.82, 2.24) is 9.62 Å². The topological polar surface area (TPSA) is 83.6 Å². The molecule has 3 aromatic rings. The Kier molecular flexibility index (Phi) is 4.74. The molecule has 8 heteroatoms. The average molecular weight is 412 g/mol. The summed E-state index contributed by atoms with van der Waals surface area (Å²) in [5.74, 6) is -1.23. The van der Waals surface area contributed by atoms with Gasteiger partial charge in [-0.2, -0.15) is 0 Å². The Morgan fingerprint density at radius 1 is 1.00 bits per heavy atom. The van der Waals surface area contributed by atoms with E-state index in [1.807, 2.05) is 47.8 Å². The molecule has 0 radical (unpaired) electrons. The molecule has 4 rings (SSSR count). The summed E-state index contributed by atoms with van der Waals surface area (Å²) >= 11 is 1.49. The number of nitrogens with zero attached hydrogens (tertiary/aromatic N) is 1. The Balaban J connectivity index is 1.58. The van der Waals surface area contributed by atoms with Crippen LogP contribution in [0.4, 0.5) is 0 Å². The predicted octanol–water partition coefficient (Wildman–Crippen LogP) is 2.80. The molecule has 0 spiro atoms. The van der Waals surface area contributed by atoms with Crippen LogP contribution in [-0.2, 0) is 14.8 Å². The van der Waals surface area contributed by atoms with Gasteiger partial charge in [-0.15, -0.1) is 11.3 Å². The number of hydrogen-bond acceptors (Lipinski definition) is 5. The molecule has 0 fully saturated rings. The minimum Gasteiger partial charge on any atom is -0.343 e. The molecule has 0 saturated heterocycles. The lowest BCUT2D eigenvalue weighted by atomic mass is 10.1. The predicted molar refractivity (Wildman–Crippen MR) is 105 cm³/mol. The number of rotatable bonds is 5.